The molecule has 1 aliphatic carbocycles. The van der Waals surface area contributed by atoms with Crippen molar-refractivity contribution in [3.05, 3.63) is 33.3 Å². The second-order valence-electron chi connectivity index (χ2n) is 5.48. The van der Waals surface area contributed by atoms with Crippen LogP contribution in [0.4, 0.5) is 5.82 Å². The lowest BCUT2D eigenvalue weighted by molar-refractivity contribution is 0.938. The van der Waals surface area contributed by atoms with Gasteiger partial charge < -0.3 is 5.32 Å². The zero-order chi connectivity index (χ0) is 14.8. The standard InChI is InChI=1S/C16H19IN4/c1-3-8-18-16-13(17)14(11-6-7-11)20-15(21-16)12-5-4-10(2)19-9-12/h4-5,9,11H,3,6-8H2,1-2H3,(H,18,20,21). The summed E-state index contributed by atoms with van der Waals surface area (Å²) in [5, 5.41) is 3.43. The van der Waals surface area contributed by atoms with Crippen LogP contribution in [-0.4, -0.2) is 21.5 Å². The summed E-state index contributed by atoms with van der Waals surface area (Å²) in [5.74, 6) is 2.35. The Morgan fingerprint density at radius 3 is 2.71 bits per heavy atom. The second-order valence-corrected chi connectivity index (χ2v) is 6.56. The lowest BCUT2D eigenvalue weighted by Gasteiger charge is -2.12. The molecule has 0 aromatic carbocycles. The molecule has 2 aromatic heterocycles. The molecule has 0 spiro atoms. The van der Waals surface area contributed by atoms with Gasteiger partial charge in [0.1, 0.15) is 5.82 Å². The molecule has 2 aromatic rings. The first-order chi connectivity index (χ1) is 10.2. The average Bonchev–Trinajstić information content (AvgIpc) is 3.32. The fraction of sp³-hybridized carbons (Fsp3) is 0.438. The van der Waals surface area contributed by atoms with Crippen molar-refractivity contribution in [2.75, 3.05) is 11.9 Å². The van der Waals surface area contributed by atoms with Crippen LogP contribution >= 0.6 is 22.6 Å². The molecule has 0 radical (unpaired) electrons. The molecule has 0 bridgehead atoms. The van der Waals surface area contributed by atoms with E-state index in [0.29, 0.717) is 5.92 Å². The normalized spacial score (nSPS) is 14.2. The lowest BCUT2D eigenvalue weighted by Crippen LogP contribution is -2.09. The number of nitrogens with zero attached hydrogens (tertiary/aromatic N) is 3. The molecular formula is C16H19IN4. The van der Waals surface area contributed by atoms with Crippen LogP contribution in [0.15, 0.2) is 18.3 Å². The molecule has 0 atom stereocenters. The van der Waals surface area contributed by atoms with Gasteiger partial charge in [0, 0.05) is 29.9 Å². The van der Waals surface area contributed by atoms with Gasteiger partial charge in [0.2, 0.25) is 0 Å². The zero-order valence-electron chi connectivity index (χ0n) is 12.4. The number of rotatable bonds is 5. The molecule has 1 aliphatic rings. The Labute approximate surface area is 139 Å². The molecule has 1 fully saturated rings. The third-order valence-corrected chi connectivity index (χ3v) is 4.62. The highest BCUT2D eigenvalue weighted by Gasteiger charge is 2.29. The Kier molecular flexibility index (Phi) is 4.37. The van der Waals surface area contributed by atoms with Crippen molar-refractivity contribution in [1.29, 1.82) is 0 Å². The number of nitrogens with one attached hydrogen (secondary N) is 1. The van der Waals surface area contributed by atoms with Gasteiger partial charge in [-0.25, -0.2) is 9.97 Å². The number of hydrogen-bond donors (Lipinski definition) is 1. The van der Waals surface area contributed by atoms with Gasteiger partial charge in [-0.05, 0) is 60.9 Å². The Morgan fingerprint density at radius 1 is 1.29 bits per heavy atom. The van der Waals surface area contributed by atoms with E-state index < -0.39 is 0 Å². The molecule has 21 heavy (non-hydrogen) atoms. The Bertz CT molecular complexity index is 635. The van der Waals surface area contributed by atoms with Crippen LogP contribution in [0, 0.1) is 10.5 Å². The summed E-state index contributed by atoms with van der Waals surface area (Å²) in [4.78, 5) is 13.9. The summed E-state index contributed by atoms with van der Waals surface area (Å²) < 4.78 is 1.17. The molecule has 0 amide bonds. The molecule has 1 N–H and O–H groups in total. The molecule has 3 rings (SSSR count). The number of pyridine rings is 1. The summed E-state index contributed by atoms with van der Waals surface area (Å²) in [6.45, 7) is 5.08. The fourth-order valence-electron chi connectivity index (χ4n) is 2.18. The predicted octanol–water partition coefficient (Wildman–Crippen LogP) is 4.15. The number of halogens is 1. The average molecular weight is 394 g/mol. The van der Waals surface area contributed by atoms with E-state index in [9.17, 15) is 0 Å². The number of hydrogen-bond acceptors (Lipinski definition) is 4. The van der Waals surface area contributed by atoms with E-state index in [-0.39, 0.29) is 0 Å². The third-order valence-electron chi connectivity index (χ3n) is 3.55. The van der Waals surface area contributed by atoms with Gasteiger partial charge in [0.05, 0.1) is 9.26 Å². The highest BCUT2D eigenvalue weighted by atomic mass is 127. The summed E-state index contributed by atoms with van der Waals surface area (Å²) in [7, 11) is 0. The quantitative estimate of drug-likeness (QED) is 0.775. The molecule has 0 unspecified atom stereocenters. The zero-order valence-corrected chi connectivity index (χ0v) is 14.5. The van der Waals surface area contributed by atoms with E-state index in [4.69, 9.17) is 9.97 Å². The highest BCUT2D eigenvalue weighted by molar-refractivity contribution is 14.1. The Hall–Kier alpha value is -1.24. The number of aromatic nitrogens is 3. The van der Waals surface area contributed by atoms with Crippen LogP contribution in [0.3, 0.4) is 0 Å². The van der Waals surface area contributed by atoms with Gasteiger partial charge in [0.25, 0.3) is 0 Å². The number of aryl methyl sites for hydroxylation is 1. The van der Waals surface area contributed by atoms with Crippen molar-refractivity contribution in [2.45, 2.75) is 39.0 Å². The largest absolute Gasteiger partial charge is 0.369 e. The molecule has 0 aliphatic heterocycles. The maximum atomic E-state index is 4.80. The van der Waals surface area contributed by atoms with E-state index in [1.807, 2.05) is 25.3 Å². The molecule has 1 saturated carbocycles. The first-order valence-electron chi connectivity index (χ1n) is 7.43. The molecule has 110 valence electrons. The third kappa shape index (κ3) is 3.33. The lowest BCUT2D eigenvalue weighted by atomic mass is 10.2. The first kappa shape index (κ1) is 14.7. The summed E-state index contributed by atoms with van der Waals surface area (Å²) in [6.07, 6.45) is 5.43. The smallest absolute Gasteiger partial charge is 0.163 e. The van der Waals surface area contributed by atoms with E-state index in [1.54, 1.807) is 0 Å². The predicted molar refractivity (Wildman–Crippen MR) is 93.5 cm³/mol. The minimum Gasteiger partial charge on any atom is -0.369 e. The molecule has 4 nitrogen and oxygen atoms in total. The Morgan fingerprint density at radius 2 is 2.10 bits per heavy atom. The van der Waals surface area contributed by atoms with Crippen LogP contribution in [0.1, 0.15) is 43.5 Å². The van der Waals surface area contributed by atoms with Gasteiger partial charge in [-0.2, -0.15) is 0 Å². The second kappa shape index (κ2) is 6.25. The maximum absolute atomic E-state index is 4.80. The van der Waals surface area contributed by atoms with E-state index in [1.165, 1.54) is 22.1 Å². The SMILES string of the molecule is CCCNc1nc(-c2ccc(C)nc2)nc(C2CC2)c1I. The summed E-state index contributed by atoms with van der Waals surface area (Å²) in [6, 6.07) is 4.05. The first-order valence-corrected chi connectivity index (χ1v) is 8.51. The maximum Gasteiger partial charge on any atom is 0.163 e. The van der Waals surface area contributed by atoms with Gasteiger partial charge in [0.15, 0.2) is 5.82 Å². The fourth-order valence-corrected chi connectivity index (χ4v) is 3.05. The van der Waals surface area contributed by atoms with Crippen molar-refractivity contribution in [1.82, 2.24) is 15.0 Å². The van der Waals surface area contributed by atoms with Crippen molar-refractivity contribution in [3.8, 4) is 11.4 Å². The van der Waals surface area contributed by atoms with Crippen molar-refractivity contribution in [2.24, 2.45) is 0 Å². The van der Waals surface area contributed by atoms with Crippen molar-refractivity contribution >= 4 is 28.4 Å². The summed E-state index contributed by atoms with van der Waals surface area (Å²) in [5.41, 5.74) is 3.19. The minimum atomic E-state index is 0.610. The van der Waals surface area contributed by atoms with Gasteiger partial charge >= 0.3 is 0 Å². The van der Waals surface area contributed by atoms with Crippen LogP contribution in [0.2, 0.25) is 0 Å². The molecule has 0 saturated heterocycles. The van der Waals surface area contributed by atoms with Crippen LogP contribution in [0.5, 0.6) is 0 Å². The van der Waals surface area contributed by atoms with Crippen molar-refractivity contribution in [3.63, 3.8) is 0 Å². The molecular weight excluding hydrogens is 375 g/mol. The van der Waals surface area contributed by atoms with Crippen LogP contribution < -0.4 is 5.32 Å². The summed E-state index contributed by atoms with van der Waals surface area (Å²) >= 11 is 2.37. The Balaban J connectivity index is 2.03. The number of anilines is 1. The van der Waals surface area contributed by atoms with E-state index in [2.05, 4.69) is 39.8 Å². The van der Waals surface area contributed by atoms with Gasteiger partial charge in [-0.3, -0.25) is 4.98 Å². The highest BCUT2D eigenvalue weighted by Crippen LogP contribution is 2.42. The van der Waals surface area contributed by atoms with Gasteiger partial charge in [-0.15, -0.1) is 0 Å². The minimum absolute atomic E-state index is 0.610. The van der Waals surface area contributed by atoms with E-state index in [0.717, 1.165) is 35.9 Å². The van der Waals surface area contributed by atoms with Crippen molar-refractivity contribution < 1.29 is 0 Å². The van der Waals surface area contributed by atoms with Gasteiger partial charge in [-0.1, -0.05) is 6.92 Å². The van der Waals surface area contributed by atoms with E-state index >= 15 is 0 Å². The topological polar surface area (TPSA) is 50.7 Å². The monoisotopic (exact) mass is 394 g/mol. The van der Waals surface area contributed by atoms with Crippen LogP contribution in [-0.2, 0) is 0 Å². The molecule has 2 heterocycles. The molecule has 5 heteroatoms. The van der Waals surface area contributed by atoms with Crippen LogP contribution in [0.25, 0.3) is 11.4 Å².